The summed E-state index contributed by atoms with van der Waals surface area (Å²) in [6.45, 7) is -0.0720. The van der Waals surface area contributed by atoms with Gasteiger partial charge in [0.1, 0.15) is 17.3 Å². The normalized spacial score (nSPS) is 11.5. The first-order valence-electron chi connectivity index (χ1n) is 12.1. The van der Waals surface area contributed by atoms with E-state index in [0.717, 1.165) is 0 Å². The molecule has 4 rings (SSSR count). The zero-order valence-electron chi connectivity index (χ0n) is 21.9. The second-order valence-electron chi connectivity index (χ2n) is 8.66. The molecule has 0 aliphatic heterocycles. The van der Waals surface area contributed by atoms with Gasteiger partial charge in [-0.1, -0.05) is 46.9 Å². The van der Waals surface area contributed by atoms with E-state index in [2.05, 4.69) is 15.8 Å². The van der Waals surface area contributed by atoms with Gasteiger partial charge in [0.05, 0.1) is 29.8 Å². The summed E-state index contributed by atoms with van der Waals surface area (Å²) in [4.78, 5) is 24.4. The maximum Gasteiger partial charge on any atom is 0.329 e. The second kappa shape index (κ2) is 13.9. The average Bonchev–Trinajstić information content (AvgIpc) is 3.41. The molecule has 0 spiro atoms. The molecule has 0 saturated heterocycles. The molecule has 2 N–H and O–H groups in total. The Morgan fingerprint density at radius 2 is 1.57 bits per heavy atom. The number of amides is 2. The molecule has 42 heavy (non-hydrogen) atoms. The Labute approximate surface area is 256 Å². The fourth-order valence-electron chi connectivity index (χ4n) is 3.63. The SMILES string of the molecule is COc1ccc(NC(=O)C(=O)N/N=C/c2ccc(CN(Cc3ccc(Cl)cc3)S(=O)(=O)c3ccc(Cl)cc3)o2)cc1Cl. The van der Waals surface area contributed by atoms with Crippen LogP contribution in [0.3, 0.4) is 0 Å². The topological polar surface area (TPSA) is 130 Å². The summed E-state index contributed by atoms with van der Waals surface area (Å²) in [5.41, 5.74) is 3.10. The number of sulfonamides is 1. The van der Waals surface area contributed by atoms with Gasteiger partial charge in [0.25, 0.3) is 0 Å². The number of methoxy groups -OCH3 is 1. The zero-order chi connectivity index (χ0) is 30.3. The number of halogens is 3. The van der Waals surface area contributed by atoms with Gasteiger partial charge in [-0.3, -0.25) is 9.59 Å². The molecule has 1 aromatic heterocycles. The Bertz CT molecular complexity index is 1710. The van der Waals surface area contributed by atoms with Crippen molar-refractivity contribution >= 4 is 68.5 Å². The van der Waals surface area contributed by atoms with E-state index in [9.17, 15) is 18.0 Å². The van der Waals surface area contributed by atoms with Gasteiger partial charge in [0.2, 0.25) is 10.0 Å². The lowest BCUT2D eigenvalue weighted by molar-refractivity contribution is -0.136. The molecule has 0 bridgehead atoms. The highest BCUT2D eigenvalue weighted by molar-refractivity contribution is 7.89. The van der Waals surface area contributed by atoms with E-state index in [1.807, 2.05) is 0 Å². The van der Waals surface area contributed by atoms with Gasteiger partial charge in [-0.05, 0) is 72.3 Å². The number of anilines is 1. The summed E-state index contributed by atoms with van der Waals surface area (Å²) in [7, 11) is -2.50. The molecule has 0 atom stereocenters. The predicted molar refractivity (Wildman–Crippen MR) is 160 cm³/mol. The molecule has 0 aliphatic carbocycles. The largest absolute Gasteiger partial charge is 0.495 e. The third kappa shape index (κ3) is 8.11. The number of nitrogens with one attached hydrogen (secondary N) is 2. The van der Waals surface area contributed by atoms with Crippen LogP contribution >= 0.6 is 34.8 Å². The van der Waals surface area contributed by atoms with Crippen molar-refractivity contribution in [1.29, 1.82) is 0 Å². The van der Waals surface area contributed by atoms with Crippen LogP contribution in [-0.2, 0) is 32.7 Å². The third-order valence-corrected chi connectivity index (χ3v) is 8.32. The van der Waals surface area contributed by atoms with Gasteiger partial charge in [-0.2, -0.15) is 9.41 Å². The van der Waals surface area contributed by atoms with Crippen molar-refractivity contribution in [3.05, 3.63) is 111 Å². The van der Waals surface area contributed by atoms with Crippen molar-refractivity contribution in [1.82, 2.24) is 9.73 Å². The Kier molecular flexibility index (Phi) is 10.3. The molecule has 1 heterocycles. The first-order chi connectivity index (χ1) is 20.0. The maximum absolute atomic E-state index is 13.5. The molecule has 0 aliphatic rings. The number of hydrazone groups is 1. The number of ether oxygens (including phenoxy) is 1. The first kappa shape index (κ1) is 31.1. The van der Waals surface area contributed by atoms with Crippen LogP contribution in [0.25, 0.3) is 0 Å². The van der Waals surface area contributed by atoms with Crippen molar-refractivity contribution in [3.8, 4) is 5.75 Å². The van der Waals surface area contributed by atoms with Crippen molar-refractivity contribution in [3.63, 3.8) is 0 Å². The van der Waals surface area contributed by atoms with E-state index < -0.39 is 21.8 Å². The second-order valence-corrected chi connectivity index (χ2v) is 11.9. The third-order valence-electron chi connectivity index (χ3n) is 5.71. The number of benzene rings is 3. The van der Waals surface area contributed by atoms with Crippen LogP contribution in [0.4, 0.5) is 5.69 Å². The van der Waals surface area contributed by atoms with E-state index in [0.29, 0.717) is 27.1 Å². The smallest absolute Gasteiger partial charge is 0.329 e. The number of carbonyl (C=O) groups is 2. The Morgan fingerprint density at radius 3 is 2.21 bits per heavy atom. The molecular formula is C28H23Cl3N4O6S. The van der Waals surface area contributed by atoms with Gasteiger partial charge < -0.3 is 14.5 Å². The van der Waals surface area contributed by atoms with Crippen molar-refractivity contribution in [2.75, 3.05) is 12.4 Å². The van der Waals surface area contributed by atoms with Crippen LogP contribution in [0.2, 0.25) is 15.1 Å². The van der Waals surface area contributed by atoms with Crippen LogP contribution in [0.1, 0.15) is 17.1 Å². The van der Waals surface area contributed by atoms with Gasteiger partial charge >= 0.3 is 11.8 Å². The minimum absolute atomic E-state index is 0.0385. The van der Waals surface area contributed by atoms with Crippen LogP contribution in [0, 0.1) is 0 Å². The highest BCUT2D eigenvalue weighted by Crippen LogP contribution is 2.27. The van der Waals surface area contributed by atoms with Gasteiger partial charge in [-0.15, -0.1) is 0 Å². The lowest BCUT2D eigenvalue weighted by Crippen LogP contribution is -2.32. The maximum atomic E-state index is 13.5. The van der Waals surface area contributed by atoms with Crippen LogP contribution < -0.4 is 15.5 Å². The lowest BCUT2D eigenvalue weighted by atomic mass is 10.2. The highest BCUT2D eigenvalue weighted by atomic mass is 35.5. The van der Waals surface area contributed by atoms with Gasteiger partial charge in [0.15, 0.2) is 0 Å². The molecule has 0 fully saturated rings. The molecular weight excluding hydrogens is 627 g/mol. The number of hydrogen-bond donors (Lipinski definition) is 2. The number of hydrogen-bond acceptors (Lipinski definition) is 7. The summed E-state index contributed by atoms with van der Waals surface area (Å²) >= 11 is 18.0. The Morgan fingerprint density at radius 1 is 0.905 bits per heavy atom. The monoisotopic (exact) mass is 648 g/mol. The number of rotatable bonds is 10. The first-order valence-corrected chi connectivity index (χ1v) is 14.7. The fourth-order valence-corrected chi connectivity index (χ4v) is 5.54. The molecule has 14 heteroatoms. The molecule has 10 nitrogen and oxygen atoms in total. The molecule has 3 aromatic carbocycles. The van der Waals surface area contributed by atoms with Gasteiger partial charge in [-0.25, -0.2) is 13.8 Å². The minimum atomic E-state index is -3.95. The van der Waals surface area contributed by atoms with Crippen molar-refractivity contribution < 1.29 is 27.2 Å². The predicted octanol–water partition coefficient (Wildman–Crippen LogP) is 5.73. The Balaban J connectivity index is 1.42. The highest BCUT2D eigenvalue weighted by Gasteiger charge is 2.26. The van der Waals surface area contributed by atoms with Gasteiger partial charge in [0, 0.05) is 22.3 Å². The summed E-state index contributed by atoms with van der Waals surface area (Å²) < 4.78 is 39.0. The standard InChI is InChI=1S/C28H23Cl3N4O6S/c1-40-26-13-8-21(14-25(26)31)33-27(36)28(37)34-32-15-22-9-10-23(41-22)17-35(16-18-2-4-19(29)5-3-18)42(38,39)24-11-6-20(30)7-12-24/h2-15H,16-17H2,1H3,(H,33,36)(H,34,37)/b32-15+. The quantitative estimate of drug-likeness (QED) is 0.128. The summed E-state index contributed by atoms with van der Waals surface area (Å²) in [6.07, 6.45) is 1.18. The summed E-state index contributed by atoms with van der Waals surface area (Å²) in [6, 6.07) is 20.3. The summed E-state index contributed by atoms with van der Waals surface area (Å²) in [5, 5.41) is 7.32. The lowest BCUT2D eigenvalue weighted by Gasteiger charge is -2.21. The molecule has 2 amide bonds. The van der Waals surface area contributed by atoms with Crippen molar-refractivity contribution in [2.45, 2.75) is 18.0 Å². The molecule has 218 valence electrons. The van der Waals surface area contributed by atoms with Crippen molar-refractivity contribution in [2.24, 2.45) is 5.10 Å². The fraction of sp³-hybridized carbons (Fsp3) is 0.107. The van der Waals surface area contributed by atoms with E-state index in [-0.39, 0.29) is 34.5 Å². The van der Waals surface area contributed by atoms with E-state index in [1.165, 1.54) is 54.0 Å². The molecule has 0 radical (unpaired) electrons. The summed E-state index contributed by atoms with van der Waals surface area (Å²) in [5.74, 6) is -1.07. The minimum Gasteiger partial charge on any atom is -0.495 e. The molecule has 0 unspecified atom stereocenters. The number of nitrogens with zero attached hydrogens (tertiary/aromatic N) is 2. The Hall–Kier alpha value is -3.87. The van der Waals surface area contributed by atoms with E-state index in [1.54, 1.807) is 42.5 Å². The van der Waals surface area contributed by atoms with E-state index in [4.69, 9.17) is 44.0 Å². The van der Waals surface area contributed by atoms with E-state index >= 15 is 0 Å². The molecule has 4 aromatic rings. The number of carbonyl (C=O) groups excluding carboxylic acids is 2. The zero-order valence-corrected chi connectivity index (χ0v) is 25.0. The average molecular weight is 650 g/mol. The number of furan rings is 1. The molecule has 0 saturated carbocycles. The van der Waals surface area contributed by atoms with Crippen LogP contribution in [-0.4, -0.2) is 37.9 Å². The van der Waals surface area contributed by atoms with Crippen LogP contribution in [0.5, 0.6) is 5.75 Å². The van der Waals surface area contributed by atoms with Crippen LogP contribution in [0.15, 0.2) is 93.3 Å².